The Morgan fingerprint density at radius 1 is 0.778 bits per heavy atom. The van der Waals surface area contributed by atoms with Crippen LogP contribution in [0.1, 0.15) is 115 Å². The van der Waals surface area contributed by atoms with Gasteiger partial charge in [0.05, 0.1) is 49.2 Å². The van der Waals surface area contributed by atoms with Crippen molar-refractivity contribution in [3.05, 3.63) is 65.9 Å². The van der Waals surface area contributed by atoms with Crippen molar-refractivity contribution >= 4 is 45.8 Å². The number of methoxy groups -OCH3 is 2. The number of ether oxygens (including phenoxy) is 3. The van der Waals surface area contributed by atoms with E-state index in [-0.39, 0.29) is 47.8 Å². The highest BCUT2D eigenvalue weighted by Gasteiger charge is 2.44. The molecule has 9 rings (SSSR count). The van der Waals surface area contributed by atoms with Gasteiger partial charge in [0.1, 0.15) is 36.1 Å². The van der Waals surface area contributed by atoms with Crippen LogP contribution in [0, 0.1) is 11.8 Å². The Morgan fingerprint density at radius 3 is 2.19 bits per heavy atom. The van der Waals surface area contributed by atoms with E-state index in [9.17, 15) is 19.2 Å². The number of fused-ring (bicyclic) bond motifs is 6. The van der Waals surface area contributed by atoms with Gasteiger partial charge in [-0.05, 0) is 111 Å². The normalized spacial score (nSPS) is 22.1. The van der Waals surface area contributed by atoms with Crippen LogP contribution < -0.4 is 15.4 Å². The Morgan fingerprint density at radius 2 is 1.48 bits per heavy atom. The van der Waals surface area contributed by atoms with Gasteiger partial charge in [-0.3, -0.25) is 9.59 Å². The van der Waals surface area contributed by atoms with Gasteiger partial charge in [0.25, 0.3) is 0 Å². The number of hydrogen-bond acceptors (Lipinski definition) is 9. The summed E-state index contributed by atoms with van der Waals surface area (Å²) in [6, 6.07) is 12.8. The van der Waals surface area contributed by atoms with Crippen LogP contribution in [-0.4, -0.2) is 92.1 Å². The Labute approximate surface area is 367 Å². The van der Waals surface area contributed by atoms with Gasteiger partial charge >= 0.3 is 12.2 Å². The zero-order valence-corrected chi connectivity index (χ0v) is 37.0. The van der Waals surface area contributed by atoms with Gasteiger partial charge in [0, 0.05) is 23.0 Å². The van der Waals surface area contributed by atoms with Crippen LogP contribution in [0.15, 0.2) is 48.7 Å². The molecule has 2 aromatic heterocycles. The highest BCUT2D eigenvalue weighted by atomic mass is 16.5. The minimum Gasteiger partial charge on any atom is -0.488 e. The average molecular weight is 859 g/mol. The fourth-order valence-corrected chi connectivity index (χ4v) is 10.6. The number of nitrogens with zero attached hydrogens (tertiary/aromatic N) is 4. The lowest BCUT2D eigenvalue weighted by Gasteiger charge is -2.36. The number of rotatable bonds is 9. The zero-order valence-electron chi connectivity index (χ0n) is 37.0. The van der Waals surface area contributed by atoms with Crippen LogP contribution in [0.4, 0.5) is 9.59 Å². The molecule has 4 amide bonds. The van der Waals surface area contributed by atoms with Crippen LogP contribution in [0.25, 0.3) is 44.2 Å². The summed E-state index contributed by atoms with van der Waals surface area (Å²) in [5.41, 5.74) is 6.66. The molecule has 0 bridgehead atoms. The largest absolute Gasteiger partial charge is 0.488 e. The summed E-state index contributed by atoms with van der Waals surface area (Å²) >= 11 is 0. The predicted octanol–water partition coefficient (Wildman–Crippen LogP) is 8.46. The number of carbonyl (C=O) groups is 4. The maximum Gasteiger partial charge on any atom is 0.407 e. The standard InChI is InChI=1S/C48H58N8O7/c1-25(2)40(53-47(59)61-5)45(57)55-26(3)12-18-37(55)43-49-23-36(51-43)30-14-16-32-31(20-30)24-63-39-22-33-29(21-34(32)39)15-17-35-42(33)52-44(50-35)38-19-13-27(4)56(38)46(58)41(54-48(60)62-6)28-10-8-7-9-11-28/h14-17,20-23,25-28,37-38,40-41H,7-13,18-19,24H2,1-6H3,(H,49,51)(H,50,52)(H,53,59)(H,54,60)/t26-,27-,37-,38-,40?,41-/m0/s1. The highest BCUT2D eigenvalue weighted by molar-refractivity contribution is 6.07. The lowest BCUT2D eigenvalue weighted by atomic mass is 9.83. The summed E-state index contributed by atoms with van der Waals surface area (Å²) in [6.45, 7) is 8.32. The molecule has 0 radical (unpaired) electrons. The summed E-state index contributed by atoms with van der Waals surface area (Å²) < 4.78 is 16.2. The van der Waals surface area contributed by atoms with Crippen molar-refractivity contribution in [2.24, 2.45) is 11.8 Å². The van der Waals surface area contributed by atoms with E-state index >= 15 is 0 Å². The molecule has 332 valence electrons. The summed E-state index contributed by atoms with van der Waals surface area (Å²) in [7, 11) is 2.63. The molecule has 6 atom stereocenters. The molecule has 63 heavy (non-hydrogen) atoms. The monoisotopic (exact) mass is 858 g/mol. The second-order valence-corrected chi connectivity index (χ2v) is 18.2. The molecular formula is C48H58N8O7. The van der Waals surface area contributed by atoms with Crippen LogP contribution >= 0.6 is 0 Å². The van der Waals surface area contributed by atoms with E-state index in [2.05, 4.69) is 63.9 Å². The molecule has 3 aromatic carbocycles. The Balaban J connectivity index is 0.964. The maximum atomic E-state index is 14.4. The highest BCUT2D eigenvalue weighted by Crippen LogP contribution is 2.44. The summed E-state index contributed by atoms with van der Waals surface area (Å²) in [5, 5.41) is 7.66. The number of nitrogens with one attached hydrogen (secondary N) is 4. The summed E-state index contributed by atoms with van der Waals surface area (Å²) in [5.74, 6) is 1.96. The van der Waals surface area contributed by atoms with Gasteiger partial charge in [0.15, 0.2) is 0 Å². The van der Waals surface area contributed by atoms with E-state index in [1.54, 1.807) is 0 Å². The van der Waals surface area contributed by atoms with E-state index in [0.717, 1.165) is 119 Å². The SMILES string of the molecule is COC(=O)NC(C(=O)N1[C@@H](C)CC[C@H]1c1ncc(-c2ccc3c(c2)COc2cc4c(ccc5nc([C@@H]6CC[C@H](C)N6C(=O)[C@@H](NC(=O)OC)C6CCCCC6)[nH]c54)cc2-3)[nH]1)C(C)C. The van der Waals surface area contributed by atoms with Crippen LogP contribution in [0.2, 0.25) is 0 Å². The predicted molar refractivity (Wildman–Crippen MR) is 238 cm³/mol. The first-order valence-electron chi connectivity index (χ1n) is 22.5. The number of hydrogen-bond donors (Lipinski definition) is 4. The average Bonchev–Trinajstić information content (AvgIpc) is 4.12. The van der Waals surface area contributed by atoms with E-state index in [1.165, 1.54) is 14.2 Å². The van der Waals surface area contributed by atoms with E-state index in [4.69, 9.17) is 24.2 Å². The molecule has 5 heterocycles. The lowest BCUT2D eigenvalue weighted by molar-refractivity contribution is -0.138. The second kappa shape index (κ2) is 17.2. The van der Waals surface area contributed by atoms with Gasteiger partial charge in [0.2, 0.25) is 11.8 Å². The number of likely N-dealkylation sites (tertiary alicyclic amines) is 2. The smallest absolute Gasteiger partial charge is 0.407 e. The third-order valence-electron chi connectivity index (χ3n) is 14.0. The van der Waals surface area contributed by atoms with Crippen LogP contribution in [-0.2, 0) is 25.7 Å². The number of aromatic nitrogens is 4. The first kappa shape index (κ1) is 42.2. The minimum absolute atomic E-state index is 0.00712. The zero-order chi connectivity index (χ0) is 44.1. The number of H-pyrrole nitrogens is 2. The molecule has 0 spiro atoms. The van der Waals surface area contributed by atoms with Crippen molar-refractivity contribution in [3.8, 4) is 28.1 Å². The third-order valence-corrected chi connectivity index (χ3v) is 14.0. The quantitative estimate of drug-likeness (QED) is 0.113. The molecule has 3 aliphatic heterocycles. The van der Waals surface area contributed by atoms with Crippen LogP contribution in [0.5, 0.6) is 5.75 Å². The lowest BCUT2D eigenvalue weighted by Crippen LogP contribution is -2.54. The molecule has 4 aliphatic rings. The van der Waals surface area contributed by atoms with Crippen molar-refractivity contribution < 1.29 is 33.4 Å². The number of amides is 4. The molecule has 3 fully saturated rings. The number of alkyl carbamates (subject to hydrolysis) is 2. The van der Waals surface area contributed by atoms with Crippen molar-refractivity contribution in [2.75, 3.05) is 14.2 Å². The van der Waals surface area contributed by atoms with Crippen LogP contribution in [0.3, 0.4) is 0 Å². The van der Waals surface area contributed by atoms with Crippen molar-refractivity contribution in [1.82, 2.24) is 40.4 Å². The summed E-state index contributed by atoms with van der Waals surface area (Å²) in [6.07, 6.45) is 8.83. The van der Waals surface area contributed by atoms with Gasteiger partial charge < -0.3 is 44.6 Å². The van der Waals surface area contributed by atoms with Gasteiger partial charge in [-0.2, -0.15) is 0 Å². The fraction of sp³-hybridized carbons (Fsp3) is 0.500. The van der Waals surface area contributed by atoms with E-state index < -0.39 is 24.3 Å². The van der Waals surface area contributed by atoms with E-state index in [0.29, 0.717) is 12.4 Å². The molecule has 2 saturated heterocycles. The van der Waals surface area contributed by atoms with Gasteiger partial charge in [-0.1, -0.05) is 51.3 Å². The molecule has 5 aromatic rings. The third kappa shape index (κ3) is 7.84. The Bertz CT molecular complexity index is 2560. The first-order chi connectivity index (χ1) is 30.4. The maximum absolute atomic E-state index is 14.4. The number of imidazole rings is 2. The topological polar surface area (TPSA) is 184 Å². The number of aromatic amines is 2. The van der Waals surface area contributed by atoms with Crippen molar-refractivity contribution in [3.63, 3.8) is 0 Å². The van der Waals surface area contributed by atoms with E-state index in [1.807, 2.05) is 42.8 Å². The van der Waals surface area contributed by atoms with Gasteiger partial charge in [-0.15, -0.1) is 0 Å². The second-order valence-electron chi connectivity index (χ2n) is 18.2. The number of carbonyl (C=O) groups excluding carboxylic acids is 4. The Hall–Kier alpha value is -6.12. The first-order valence-corrected chi connectivity index (χ1v) is 22.5. The molecule has 15 heteroatoms. The van der Waals surface area contributed by atoms with Crippen molar-refractivity contribution in [2.45, 2.75) is 128 Å². The molecule has 1 aliphatic carbocycles. The molecule has 15 nitrogen and oxygen atoms in total. The molecule has 4 N–H and O–H groups in total. The minimum atomic E-state index is -0.717. The van der Waals surface area contributed by atoms with Gasteiger partial charge in [-0.25, -0.2) is 19.6 Å². The molecule has 1 unspecified atom stereocenters. The fourth-order valence-electron chi connectivity index (χ4n) is 10.6. The Kier molecular flexibility index (Phi) is 11.5. The molecular weight excluding hydrogens is 801 g/mol. The number of benzene rings is 3. The molecule has 1 saturated carbocycles. The van der Waals surface area contributed by atoms with Crippen molar-refractivity contribution in [1.29, 1.82) is 0 Å². The summed E-state index contributed by atoms with van der Waals surface area (Å²) in [4.78, 5) is 73.7.